The molecular weight excluding hydrogens is 421 g/mol. The van der Waals surface area contributed by atoms with E-state index in [1.165, 1.54) is 34.2 Å². The predicted octanol–water partition coefficient (Wildman–Crippen LogP) is 2.84. The first-order valence-electron chi connectivity index (χ1n) is 9.68. The van der Waals surface area contributed by atoms with Gasteiger partial charge < -0.3 is 14.6 Å². The van der Waals surface area contributed by atoms with E-state index in [4.69, 9.17) is 4.74 Å². The van der Waals surface area contributed by atoms with E-state index in [1.54, 1.807) is 30.3 Å². The van der Waals surface area contributed by atoms with Gasteiger partial charge in [0.15, 0.2) is 0 Å². The monoisotopic (exact) mass is 439 g/mol. The standard InChI is InChI=1S/C21H18FN5O3S/c1-30-15-4-5-26(9-15)21(29)19-8-14(11-31-19)27-10-18(24-25-27)16-7-12-6-13(22)2-3-17(12)23-20(16)28/h2-3,6-8,10-11,15H,4-5,9H2,1H3,(H,23,28)/t15-/m1/s1. The van der Waals surface area contributed by atoms with Crippen LogP contribution in [0, 0.1) is 5.82 Å². The number of ether oxygens (including phenoxy) is 1. The quantitative estimate of drug-likeness (QED) is 0.528. The maximum absolute atomic E-state index is 13.6. The molecule has 0 bridgehead atoms. The Hall–Kier alpha value is -3.37. The van der Waals surface area contributed by atoms with Crippen LogP contribution in [0.3, 0.4) is 0 Å². The maximum Gasteiger partial charge on any atom is 0.264 e. The average Bonchev–Trinajstić information content (AvgIpc) is 3.53. The van der Waals surface area contributed by atoms with Crippen LogP contribution in [-0.4, -0.2) is 57.1 Å². The number of nitrogens with one attached hydrogen (secondary N) is 1. The van der Waals surface area contributed by atoms with E-state index in [0.29, 0.717) is 45.8 Å². The summed E-state index contributed by atoms with van der Waals surface area (Å²) >= 11 is 1.33. The van der Waals surface area contributed by atoms with Gasteiger partial charge in [0.25, 0.3) is 11.5 Å². The number of thiophene rings is 1. The van der Waals surface area contributed by atoms with Gasteiger partial charge in [-0.25, -0.2) is 9.07 Å². The molecule has 0 aliphatic carbocycles. The summed E-state index contributed by atoms with van der Waals surface area (Å²) in [5.41, 5.74) is 1.53. The Morgan fingerprint density at radius 2 is 2.19 bits per heavy atom. The number of fused-ring (bicyclic) bond motifs is 1. The Bertz CT molecular complexity index is 1340. The number of methoxy groups -OCH3 is 1. The Labute approximate surface area is 179 Å². The first kappa shape index (κ1) is 19.6. The van der Waals surface area contributed by atoms with E-state index in [2.05, 4.69) is 15.3 Å². The Morgan fingerprint density at radius 3 is 3.00 bits per heavy atom. The van der Waals surface area contributed by atoms with Crippen LogP contribution in [0.15, 0.2) is 46.7 Å². The third-order valence-corrected chi connectivity index (χ3v) is 6.31. The minimum absolute atomic E-state index is 0.0378. The molecule has 0 radical (unpaired) electrons. The lowest BCUT2D eigenvalue weighted by atomic mass is 10.1. The number of carbonyl (C=O) groups is 1. The molecule has 1 saturated heterocycles. The lowest BCUT2D eigenvalue weighted by Crippen LogP contribution is -2.29. The Balaban J connectivity index is 1.42. The molecule has 5 rings (SSSR count). The third-order valence-electron chi connectivity index (χ3n) is 5.40. The molecule has 8 nitrogen and oxygen atoms in total. The van der Waals surface area contributed by atoms with Gasteiger partial charge in [-0.05, 0) is 36.8 Å². The molecular formula is C21H18FN5O3S. The summed E-state index contributed by atoms with van der Waals surface area (Å²) in [6, 6.07) is 7.51. The highest BCUT2D eigenvalue weighted by Crippen LogP contribution is 2.24. The number of hydrogen-bond acceptors (Lipinski definition) is 6. The number of H-pyrrole nitrogens is 1. The number of pyridine rings is 1. The van der Waals surface area contributed by atoms with Gasteiger partial charge >= 0.3 is 0 Å². The second-order valence-electron chi connectivity index (χ2n) is 7.36. The van der Waals surface area contributed by atoms with Crippen molar-refractivity contribution < 1.29 is 13.9 Å². The first-order chi connectivity index (χ1) is 15.0. The third kappa shape index (κ3) is 3.64. The fourth-order valence-electron chi connectivity index (χ4n) is 3.70. The van der Waals surface area contributed by atoms with E-state index in [1.807, 2.05) is 5.38 Å². The summed E-state index contributed by atoms with van der Waals surface area (Å²) in [6.07, 6.45) is 2.52. The van der Waals surface area contributed by atoms with Crippen molar-refractivity contribution in [2.75, 3.05) is 20.2 Å². The molecule has 0 unspecified atom stereocenters. The van der Waals surface area contributed by atoms with Crippen molar-refractivity contribution >= 4 is 28.1 Å². The molecule has 0 spiro atoms. The first-order valence-corrected chi connectivity index (χ1v) is 10.6. The number of nitrogens with zero attached hydrogens (tertiary/aromatic N) is 4. The van der Waals surface area contributed by atoms with Crippen molar-refractivity contribution in [3.8, 4) is 16.9 Å². The van der Waals surface area contributed by atoms with Crippen LogP contribution in [0.1, 0.15) is 16.1 Å². The Morgan fingerprint density at radius 1 is 1.32 bits per heavy atom. The number of benzene rings is 1. The van der Waals surface area contributed by atoms with Crippen molar-refractivity contribution in [3.05, 3.63) is 63.0 Å². The van der Waals surface area contributed by atoms with Crippen LogP contribution in [0.25, 0.3) is 27.8 Å². The Kier molecular flexibility index (Phi) is 4.87. The minimum Gasteiger partial charge on any atom is -0.380 e. The highest BCUT2D eigenvalue weighted by Gasteiger charge is 2.27. The molecule has 1 amide bonds. The molecule has 10 heteroatoms. The van der Waals surface area contributed by atoms with E-state index in [-0.39, 0.29) is 23.4 Å². The number of rotatable bonds is 4. The highest BCUT2D eigenvalue weighted by atomic mass is 32.1. The molecule has 1 aromatic carbocycles. The summed E-state index contributed by atoms with van der Waals surface area (Å²) in [5.74, 6) is -0.427. The molecule has 1 N–H and O–H groups in total. The lowest BCUT2D eigenvalue weighted by Gasteiger charge is -2.14. The summed E-state index contributed by atoms with van der Waals surface area (Å²) in [4.78, 5) is 30.3. The smallest absolute Gasteiger partial charge is 0.264 e. The van der Waals surface area contributed by atoms with Crippen LogP contribution in [0.2, 0.25) is 0 Å². The van der Waals surface area contributed by atoms with Crippen molar-refractivity contribution in [1.82, 2.24) is 24.9 Å². The molecule has 1 atom stereocenters. The fraction of sp³-hybridized carbons (Fsp3) is 0.238. The fourth-order valence-corrected chi connectivity index (χ4v) is 4.54. The molecule has 0 saturated carbocycles. The van der Waals surface area contributed by atoms with Gasteiger partial charge in [0.1, 0.15) is 11.5 Å². The van der Waals surface area contributed by atoms with E-state index in [0.717, 1.165) is 6.42 Å². The number of aromatic amines is 1. The predicted molar refractivity (Wildman–Crippen MR) is 114 cm³/mol. The zero-order valence-electron chi connectivity index (χ0n) is 16.5. The van der Waals surface area contributed by atoms with Crippen molar-refractivity contribution in [3.63, 3.8) is 0 Å². The van der Waals surface area contributed by atoms with Gasteiger partial charge in [-0.1, -0.05) is 5.21 Å². The molecule has 31 heavy (non-hydrogen) atoms. The van der Waals surface area contributed by atoms with Crippen LogP contribution < -0.4 is 5.56 Å². The van der Waals surface area contributed by atoms with Gasteiger partial charge in [-0.2, -0.15) is 0 Å². The van der Waals surface area contributed by atoms with E-state index < -0.39 is 0 Å². The molecule has 3 aromatic heterocycles. The van der Waals surface area contributed by atoms with E-state index in [9.17, 15) is 14.0 Å². The largest absolute Gasteiger partial charge is 0.380 e. The molecule has 4 aromatic rings. The van der Waals surface area contributed by atoms with Gasteiger partial charge in [0.2, 0.25) is 0 Å². The van der Waals surface area contributed by atoms with E-state index >= 15 is 0 Å². The van der Waals surface area contributed by atoms with Gasteiger partial charge in [0.05, 0.1) is 28.4 Å². The molecule has 1 aliphatic heterocycles. The van der Waals surface area contributed by atoms with Crippen molar-refractivity contribution in [1.29, 1.82) is 0 Å². The van der Waals surface area contributed by atoms with Crippen LogP contribution in [0.5, 0.6) is 0 Å². The summed E-state index contributed by atoms with van der Waals surface area (Å²) < 4.78 is 20.4. The lowest BCUT2D eigenvalue weighted by molar-refractivity contribution is 0.0728. The van der Waals surface area contributed by atoms with Crippen LogP contribution in [-0.2, 0) is 4.74 Å². The summed E-state index contributed by atoms with van der Waals surface area (Å²) in [6.45, 7) is 1.25. The summed E-state index contributed by atoms with van der Waals surface area (Å²) in [5, 5.41) is 10.6. The average molecular weight is 439 g/mol. The van der Waals surface area contributed by atoms with Gasteiger partial charge in [-0.3, -0.25) is 9.59 Å². The summed E-state index contributed by atoms with van der Waals surface area (Å²) in [7, 11) is 1.65. The number of hydrogen-bond donors (Lipinski definition) is 1. The molecule has 1 fully saturated rings. The second kappa shape index (κ2) is 7.71. The number of amides is 1. The molecule has 4 heterocycles. The minimum atomic E-state index is -0.389. The van der Waals surface area contributed by atoms with Crippen LogP contribution in [0.4, 0.5) is 4.39 Å². The van der Waals surface area contributed by atoms with Crippen LogP contribution >= 0.6 is 11.3 Å². The highest BCUT2D eigenvalue weighted by molar-refractivity contribution is 7.12. The van der Waals surface area contributed by atoms with Crippen molar-refractivity contribution in [2.45, 2.75) is 12.5 Å². The number of likely N-dealkylation sites (tertiary alicyclic amines) is 1. The number of halogens is 1. The number of carbonyl (C=O) groups excluding carboxylic acids is 1. The maximum atomic E-state index is 13.6. The SMILES string of the molecule is CO[C@@H]1CCN(C(=O)c2cc(-n3cc(-c4cc5cc(F)ccc5[nH]c4=O)nn3)cs2)C1. The van der Waals surface area contributed by atoms with Crippen molar-refractivity contribution in [2.24, 2.45) is 0 Å². The zero-order valence-corrected chi connectivity index (χ0v) is 17.4. The topological polar surface area (TPSA) is 93.1 Å². The normalized spacial score (nSPS) is 16.3. The molecule has 1 aliphatic rings. The molecule has 158 valence electrons. The van der Waals surface area contributed by atoms with Gasteiger partial charge in [0, 0.05) is 36.5 Å². The second-order valence-corrected chi connectivity index (χ2v) is 8.27. The van der Waals surface area contributed by atoms with Gasteiger partial charge in [-0.15, -0.1) is 16.4 Å². The zero-order chi connectivity index (χ0) is 21.5. The number of aromatic nitrogens is 4.